The van der Waals surface area contributed by atoms with Gasteiger partial charge < -0.3 is 9.97 Å². The number of alkyl halides is 3. The zero-order valence-electron chi connectivity index (χ0n) is 20.8. The van der Waals surface area contributed by atoms with Crippen molar-refractivity contribution in [2.24, 2.45) is 0 Å². The van der Waals surface area contributed by atoms with Crippen molar-refractivity contribution in [1.82, 2.24) is 19.9 Å². The van der Waals surface area contributed by atoms with Crippen LogP contribution in [0.2, 0.25) is 0 Å². The molecule has 0 bridgehead atoms. The molecule has 1 unspecified atom stereocenters. The van der Waals surface area contributed by atoms with E-state index in [9.17, 15) is 22.0 Å². The van der Waals surface area contributed by atoms with Crippen molar-refractivity contribution in [2.75, 3.05) is 6.66 Å². The highest BCUT2D eigenvalue weighted by atomic mass is 31.0. The molecule has 0 saturated heterocycles. The summed E-state index contributed by atoms with van der Waals surface area (Å²) in [7, 11) is 2.42. The van der Waals surface area contributed by atoms with Crippen LogP contribution in [0.3, 0.4) is 0 Å². The third-order valence-electron chi connectivity index (χ3n) is 6.27. The first kappa shape index (κ1) is 26.5. The molecule has 0 radical (unpaired) electrons. The summed E-state index contributed by atoms with van der Waals surface area (Å²) in [6.45, 7) is 3.61. The molecule has 2 N–H and O–H groups in total. The Morgan fingerprint density at radius 3 is 1.56 bits per heavy atom. The Hall–Kier alpha value is -4.10. The molecule has 10 heteroatoms. The molecule has 6 rings (SSSR count). The molecule has 0 saturated carbocycles. The zero-order chi connectivity index (χ0) is 27.9. The molecule has 0 aliphatic heterocycles. The van der Waals surface area contributed by atoms with E-state index in [1.54, 1.807) is 25.1 Å². The van der Waals surface area contributed by atoms with Gasteiger partial charge in [-0.15, -0.1) is 9.24 Å². The van der Waals surface area contributed by atoms with Crippen LogP contribution >= 0.6 is 9.24 Å². The van der Waals surface area contributed by atoms with Crippen LogP contribution in [0.1, 0.15) is 11.1 Å². The summed E-state index contributed by atoms with van der Waals surface area (Å²) in [6.07, 6.45) is -4.81. The maximum atomic E-state index is 13.7. The van der Waals surface area contributed by atoms with E-state index in [0.29, 0.717) is 22.4 Å². The number of H-pyrrole nitrogens is 2. The lowest BCUT2D eigenvalue weighted by Crippen LogP contribution is -2.08. The summed E-state index contributed by atoms with van der Waals surface area (Å²) >= 11 is 0. The minimum atomic E-state index is -4.81. The monoisotopic (exact) mass is 552 g/mol. The first-order valence-electron chi connectivity index (χ1n) is 11.9. The van der Waals surface area contributed by atoms with Crippen LogP contribution in [0.25, 0.3) is 56.0 Å². The number of hydrogen-bond donors (Lipinski definition) is 2. The van der Waals surface area contributed by atoms with E-state index in [1.807, 2.05) is 37.0 Å². The smallest absolute Gasteiger partial charge is 0.338 e. The van der Waals surface area contributed by atoms with E-state index in [4.69, 9.17) is 0 Å². The minimum absolute atomic E-state index is 0.133. The fourth-order valence-electron chi connectivity index (χ4n) is 4.33. The molecule has 39 heavy (non-hydrogen) atoms. The third-order valence-corrected chi connectivity index (χ3v) is 6.27. The van der Waals surface area contributed by atoms with Crippen LogP contribution in [0.4, 0.5) is 22.0 Å². The first-order valence-corrected chi connectivity index (χ1v) is 13.0. The maximum absolute atomic E-state index is 13.7. The summed E-state index contributed by atoms with van der Waals surface area (Å²) in [5.74, 6) is -0.774. The predicted molar refractivity (Wildman–Crippen MR) is 147 cm³/mol. The Bertz CT molecular complexity index is 1820. The lowest BCUT2D eigenvalue weighted by molar-refractivity contribution is -0.139. The van der Waals surface area contributed by atoms with Gasteiger partial charge in [-0.2, -0.15) is 13.2 Å². The van der Waals surface area contributed by atoms with Gasteiger partial charge in [0, 0.05) is 11.1 Å². The standard InChI is InChI=1S/C28H17F5N4.CH5P/c1-14-10-17(2-6-20(14)29)26-34-22-8-4-15(12-24(22)36-26)16-5-9-23-25(13-16)37-27(35-23)18-3-7-21(30)19(11-18)28(31,32)33;1-2/h2-13H,1H3,(H,34,36)(H,35,37);2H2,1H3. The number of aromatic nitrogens is 4. The number of nitrogens with zero attached hydrogens (tertiary/aromatic N) is 2. The van der Waals surface area contributed by atoms with Crippen molar-refractivity contribution in [3.8, 4) is 33.9 Å². The van der Waals surface area contributed by atoms with Gasteiger partial charge in [-0.3, -0.25) is 0 Å². The molecular weight excluding hydrogens is 530 g/mol. The van der Waals surface area contributed by atoms with E-state index in [-0.39, 0.29) is 17.2 Å². The SMILES string of the molecule is CP.Cc1cc(-c2nc3ccc(-c4ccc5nc(-c6ccc(F)c(C(F)(F)F)c6)[nH]c5c4)cc3[nH]2)ccc1F. The average Bonchev–Trinajstić information content (AvgIpc) is 3.54. The van der Waals surface area contributed by atoms with Crippen LogP contribution in [-0.2, 0) is 6.18 Å². The summed E-state index contributed by atoms with van der Waals surface area (Å²) in [6, 6.07) is 18.8. The number of rotatable bonds is 3. The Balaban J connectivity index is 0.00000151. The number of fused-ring (bicyclic) bond motifs is 2. The van der Waals surface area contributed by atoms with Crippen LogP contribution < -0.4 is 0 Å². The van der Waals surface area contributed by atoms with Gasteiger partial charge >= 0.3 is 6.18 Å². The Kier molecular flexibility index (Phi) is 6.95. The van der Waals surface area contributed by atoms with Crippen molar-refractivity contribution >= 4 is 31.3 Å². The molecular formula is C29H22F5N4P. The molecule has 0 aliphatic rings. The van der Waals surface area contributed by atoms with E-state index in [1.165, 1.54) is 12.1 Å². The lowest BCUT2D eigenvalue weighted by Gasteiger charge is -2.08. The number of halogens is 5. The van der Waals surface area contributed by atoms with Gasteiger partial charge in [0.2, 0.25) is 0 Å². The van der Waals surface area contributed by atoms with Crippen molar-refractivity contribution in [2.45, 2.75) is 13.1 Å². The van der Waals surface area contributed by atoms with Gasteiger partial charge in [-0.05, 0) is 84.3 Å². The number of aryl methyl sites for hydroxylation is 1. The molecule has 0 fully saturated rings. The molecule has 2 aromatic heterocycles. The lowest BCUT2D eigenvalue weighted by atomic mass is 10.0. The van der Waals surface area contributed by atoms with Gasteiger partial charge in [0.15, 0.2) is 0 Å². The fraction of sp³-hybridized carbons (Fsp3) is 0.103. The highest BCUT2D eigenvalue weighted by molar-refractivity contribution is 7.15. The largest absolute Gasteiger partial charge is 0.419 e. The predicted octanol–water partition coefficient (Wildman–Crippen LogP) is 8.54. The van der Waals surface area contributed by atoms with Crippen molar-refractivity contribution < 1.29 is 22.0 Å². The normalized spacial score (nSPS) is 11.6. The van der Waals surface area contributed by atoms with Gasteiger partial charge in [0.05, 0.1) is 27.6 Å². The molecule has 2 heterocycles. The molecule has 4 aromatic carbocycles. The molecule has 6 aromatic rings. The van der Waals surface area contributed by atoms with Crippen LogP contribution in [0.5, 0.6) is 0 Å². The molecule has 0 spiro atoms. The second-order valence-corrected chi connectivity index (χ2v) is 8.79. The van der Waals surface area contributed by atoms with Crippen LogP contribution in [0.15, 0.2) is 72.8 Å². The third kappa shape index (κ3) is 5.14. The van der Waals surface area contributed by atoms with E-state index in [0.717, 1.165) is 39.9 Å². The van der Waals surface area contributed by atoms with Crippen molar-refractivity contribution in [3.63, 3.8) is 0 Å². The topological polar surface area (TPSA) is 57.4 Å². The van der Waals surface area contributed by atoms with Gasteiger partial charge in [0.1, 0.15) is 23.3 Å². The highest BCUT2D eigenvalue weighted by Gasteiger charge is 2.34. The Morgan fingerprint density at radius 2 is 1.08 bits per heavy atom. The molecule has 0 amide bonds. The summed E-state index contributed by atoms with van der Waals surface area (Å²) in [5, 5.41) is 0. The number of imidazole rings is 2. The van der Waals surface area contributed by atoms with E-state index >= 15 is 0 Å². The van der Waals surface area contributed by atoms with Gasteiger partial charge in [-0.25, -0.2) is 18.7 Å². The first-order chi connectivity index (χ1) is 18.7. The van der Waals surface area contributed by atoms with Crippen molar-refractivity contribution in [1.29, 1.82) is 0 Å². The number of aromatic amines is 2. The van der Waals surface area contributed by atoms with Crippen LogP contribution in [-0.4, -0.2) is 26.6 Å². The second kappa shape index (κ2) is 10.2. The zero-order valence-corrected chi connectivity index (χ0v) is 21.9. The summed E-state index contributed by atoms with van der Waals surface area (Å²) < 4.78 is 66.8. The maximum Gasteiger partial charge on any atom is 0.419 e. The Labute approximate surface area is 222 Å². The highest BCUT2D eigenvalue weighted by Crippen LogP contribution is 2.35. The summed E-state index contributed by atoms with van der Waals surface area (Å²) in [5.41, 5.74) is 4.58. The quantitative estimate of drug-likeness (QED) is 0.171. The molecule has 0 aliphatic carbocycles. The van der Waals surface area contributed by atoms with Crippen molar-refractivity contribution in [3.05, 3.63) is 95.6 Å². The molecule has 198 valence electrons. The Morgan fingerprint density at radius 1 is 0.615 bits per heavy atom. The van der Waals surface area contributed by atoms with Gasteiger partial charge in [-0.1, -0.05) is 18.8 Å². The number of nitrogens with one attached hydrogen (secondary N) is 2. The second-order valence-electron chi connectivity index (χ2n) is 8.79. The minimum Gasteiger partial charge on any atom is -0.338 e. The average molecular weight is 552 g/mol. The number of hydrogen-bond acceptors (Lipinski definition) is 2. The summed E-state index contributed by atoms with van der Waals surface area (Å²) in [4.78, 5) is 15.3. The van der Waals surface area contributed by atoms with Gasteiger partial charge in [0.25, 0.3) is 0 Å². The fourth-order valence-corrected chi connectivity index (χ4v) is 4.33. The number of benzene rings is 4. The molecule has 1 atom stereocenters. The van der Waals surface area contributed by atoms with E-state index in [2.05, 4.69) is 29.2 Å². The molecule has 4 nitrogen and oxygen atoms in total. The van der Waals surface area contributed by atoms with E-state index < -0.39 is 17.6 Å². The van der Waals surface area contributed by atoms with Crippen LogP contribution in [0, 0.1) is 18.6 Å².